The highest BCUT2D eigenvalue weighted by atomic mass is 32.1. The minimum atomic E-state index is -2.76. The van der Waals surface area contributed by atoms with Gasteiger partial charge in [-0.3, -0.25) is 0 Å². The van der Waals surface area contributed by atoms with Crippen LogP contribution in [-0.4, -0.2) is 43.4 Å². The predicted molar refractivity (Wildman–Crippen MR) is 132 cm³/mol. The Morgan fingerprint density at radius 1 is 1.11 bits per heavy atom. The Hall–Kier alpha value is -3.28. The zero-order valence-electron chi connectivity index (χ0n) is 19.3. The standard InChI is InChI=1S/C25H24F3N5O2S/c1-13-19(23-31-17-4-2-3-5-18(17)36-23)22(33-25(35)11-10-16(20(25)34)21(27)28)32-24(30-13)29-12-14-6-8-15(26)9-7-14/h2-9,16,20-21,34-35H,10-12H2,1H3,(H2,29,30,32,33). The highest BCUT2D eigenvalue weighted by Crippen LogP contribution is 2.42. The number of aromatic nitrogens is 3. The molecule has 1 aliphatic rings. The molecule has 188 valence electrons. The SMILES string of the molecule is Cc1nc(NCc2ccc(F)cc2)nc(NC2(O)CCC(C(F)F)C2O)c1-c1nc2ccccc2s1. The second-order valence-electron chi connectivity index (χ2n) is 8.85. The first-order chi connectivity index (χ1) is 17.2. The van der Waals surface area contributed by atoms with Gasteiger partial charge in [0, 0.05) is 6.54 Å². The number of benzene rings is 2. The van der Waals surface area contributed by atoms with Crippen molar-refractivity contribution in [1.29, 1.82) is 0 Å². The van der Waals surface area contributed by atoms with Gasteiger partial charge in [-0.05, 0) is 49.6 Å². The molecule has 11 heteroatoms. The summed E-state index contributed by atoms with van der Waals surface area (Å²) < 4.78 is 40.9. The summed E-state index contributed by atoms with van der Waals surface area (Å²) in [4.78, 5) is 13.7. The normalized spacial score (nSPS) is 21.9. The van der Waals surface area contributed by atoms with Crippen molar-refractivity contribution in [2.45, 2.75) is 44.6 Å². The minimum Gasteiger partial charge on any atom is -0.388 e. The van der Waals surface area contributed by atoms with E-state index < -0.39 is 24.2 Å². The number of alkyl halides is 2. The van der Waals surface area contributed by atoms with Gasteiger partial charge < -0.3 is 20.8 Å². The van der Waals surface area contributed by atoms with Crippen LogP contribution >= 0.6 is 11.3 Å². The third-order valence-corrected chi connectivity index (χ3v) is 7.43. The molecule has 0 saturated heterocycles. The van der Waals surface area contributed by atoms with Crippen molar-refractivity contribution in [1.82, 2.24) is 15.0 Å². The Morgan fingerprint density at radius 2 is 1.86 bits per heavy atom. The van der Waals surface area contributed by atoms with Crippen LogP contribution in [0, 0.1) is 18.7 Å². The van der Waals surface area contributed by atoms with Crippen molar-refractivity contribution in [3.63, 3.8) is 0 Å². The number of para-hydroxylation sites is 1. The van der Waals surface area contributed by atoms with Crippen LogP contribution in [0.25, 0.3) is 20.8 Å². The summed E-state index contributed by atoms with van der Waals surface area (Å²) in [6.45, 7) is 2.06. The number of thiazole rings is 1. The highest BCUT2D eigenvalue weighted by Gasteiger charge is 2.50. The molecule has 4 N–H and O–H groups in total. The molecule has 7 nitrogen and oxygen atoms in total. The molecule has 2 aromatic heterocycles. The Kier molecular flexibility index (Phi) is 6.54. The zero-order valence-corrected chi connectivity index (χ0v) is 20.1. The fourth-order valence-electron chi connectivity index (χ4n) is 4.41. The number of nitrogens with zero attached hydrogens (tertiary/aromatic N) is 3. The summed E-state index contributed by atoms with van der Waals surface area (Å²) in [6.07, 6.45) is -4.58. The first kappa shape index (κ1) is 24.4. The Bertz CT molecular complexity index is 1350. The number of rotatable bonds is 7. The van der Waals surface area contributed by atoms with Crippen molar-refractivity contribution in [2.24, 2.45) is 5.92 Å². The number of aryl methyl sites for hydroxylation is 1. The fourth-order valence-corrected chi connectivity index (χ4v) is 5.48. The molecule has 0 aliphatic heterocycles. The van der Waals surface area contributed by atoms with Crippen molar-refractivity contribution < 1.29 is 23.4 Å². The Balaban J connectivity index is 1.52. The number of fused-ring (bicyclic) bond motifs is 1. The average molecular weight is 516 g/mol. The summed E-state index contributed by atoms with van der Waals surface area (Å²) >= 11 is 1.41. The molecule has 1 aliphatic carbocycles. The van der Waals surface area contributed by atoms with Crippen molar-refractivity contribution in [3.8, 4) is 10.6 Å². The molecule has 1 saturated carbocycles. The van der Waals surface area contributed by atoms with Gasteiger partial charge in [0.15, 0.2) is 5.72 Å². The van der Waals surface area contributed by atoms with Gasteiger partial charge in [0.05, 0.1) is 27.4 Å². The van der Waals surface area contributed by atoms with Crippen LogP contribution in [0.1, 0.15) is 24.1 Å². The van der Waals surface area contributed by atoms with Crippen LogP contribution in [-0.2, 0) is 6.54 Å². The van der Waals surface area contributed by atoms with E-state index >= 15 is 0 Å². The molecular weight excluding hydrogens is 491 g/mol. The average Bonchev–Trinajstić information content (AvgIpc) is 3.39. The minimum absolute atomic E-state index is 0.0431. The second-order valence-corrected chi connectivity index (χ2v) is 9.88. The molecule has 0 amide bonds. The zero-order chi connectivity index (χ0) is 25.4. The smallest absolute Gasteiger partial charge is 0.244 e. The van der Waals surface area contributed by atoms with Gasteiger partial charge >= 0.3 is 0 Å². The molecular formula is C25H24F3N5O2S. The molecule has 5 rings (SSSR count). The van der Waals surface area contributed by atoms with E-state index in [2.05, 4.69) is 25.6 Å². The third kappa shape index (κ3) is 4.73. The molecule has 2 aromatic carbocycles. The van der Waals surface area contributed by atoms with E-state index in [9.17, 15) is 23.4 Å². The Morgan fingerprint density at radius 3 is 2.56 bits per heavy atom. The molecule has 4 aromatic rings. The van der Waals surface area contributed by atoms with E-state index in [4.69, 9.17) is 0 Å². The van der Waals surface area contributed by atoms with Crippen molar-refractivity contribution in [3.05, 3.63) is 65.6 Å². The summed E-state index contributed by atoms with van der Waals surface area (Å²) in [5.74, 6) is -1.32. The molecule has 1 fully saturated rings. The number of hydrogen-bond donors (Lipinski definition) is 4. The summed E-state index contributed by atoms with van der Waals surface area (Å²) in [6, 6.07) is 13.5. The first-order valence-corrected chi connectivity index (χ1v) is 12.2. The van der Waals surface area contributed by atoms with E-state index in [1.165, 1.54) is 23.5 Å². The van der Waals surface area contributed by atoms with Gasteiger partial charge in [-0.2, -0.15) is 4.98 Å². The lowest BCUT2D eigenvalue weighted by molar-refractivity contribution is -0.0763. The number of halogens is 3. The topological polar surface area (TPSA) is 103 Å². The van der Waals surface area contributed by atoms with E-state index in [0.717, 1.165) is 15.8 Å². The largest absolute Gasteiger partial charge is 0.388 e. The van der Waals surface area contributed by atoms with Crippen LogP contribution in [0.15, 0.2) is 48.5 Å². The van der Waals surface area contributed by atoms with Gasteiger partial charge in [0.1, 0.15) is 22.7 Å². The van der Waals surface area contributed by atoms with E-state index in [1.807, 2.05) is 24.3 Å². The monoisotopic (exact) mass is 515 g/mol. The van der Waals surface area contributed by atoms with Gasteiger partial charge in [-0.1, -0.05) is 24.3 Å². The maximum absolute atomic E-state index is 13.4. The number of nitrogens with one attached hydrogen (secondary N) is 2. The molecule has 0 bridgehead atoms. The van der Waals surface area contributed by atoms with Gasteiger partial charge in [0.2, 0.25) is 12.4 Å². The number of anilines is 2. The molecule has 36 heavy (non-hydrogen) atoms. The maximum atomic E-state index is 13.4. The Labute approximate surface area is 209 Å². The van der Waals surface area contributed by atoms with Gasteiger partial charge in [-0.15, -0.1) is 11.3 Å². The summed E-state index contributed by atoms with van der Waals surface area (Å²) in [5.41, 5.74) is 0.617. The number of aliphatic hydroxyl groups excluding tert-OH is 1. The molecule has 3 unspecified atom stereocenters. The molecule has 0 radical (unpaired) electrons. The van der Waals surface area contributed by atoms with Crippen LogP contribution in [0.5, 0.6) is 0 Å². The summed E-state index contributed by atoms with van der Waals surface area (Å²) in [7, 11) is 0. The lowest BCUT2D eigenvalue weighted by Crippen LogP contribution is -2.48. The molecule has 3 atom stereocenters. The highest BCUT2D eigenvalue weighted by molar-refractivity contribution is 7.21. The van der Waals surface area contributed by atoms with E-state index in [-0.39, 0.29) is 30.4 Å². The fraction of sp³-hybridized carbons (Fsp3) is 0.320. The van der Waals surface area contributed by atoms with Crippen LogP contribution < -0.4 is 10.6 Å². The van der Waals surface area contributed by atoms with Crippen LogP contribution in [0.4, 0.5) is 24.9 Å². The lowest BCUT2D eigenvalue weighted by atomic mass is 10.0. The summed E-state index contributed by atoms with van der Waals surface area (Å²) in [5, 5.41) is 28.2. The van der Waals surface area contributed by atoms with Gasteiger partial charge in [0.25, 0.3) is 0 Å². The van der Waals surface area contributed by atoms with Crippen LogP contribution in [0.2, 0.25) is 0 Å². The van der Waals surface area contributed by atoms with Gasteiger partial charge in [-0.25, -0.2) is 23.1 Å². The first-order valence-electron chi connectivity index (χ1n) is 11.4. The van der Waals surface area contributed by atoms with E-state index in [0.29, 0.717) is 22.8 Å². The van der Waals surface area contributed by atoms with Crippen LogP contribution in [0.3, 0.4) is 0 Å². The molecule has 0 spiro atoms. The number of aliphatic hydroxyl groups is 2. The van der Waals surface area contributed by atoms with E-state index in [1.54, 1.807) is 19.1 Å². The second kappa shape index (κ2) is 9.64. The van der Waals surface area contributed by atoms with Crippen molar-refractivity contribution in [2.75, 3.05) is 10.6 Å². The quantitative estimate of drug-likeness (QED) is 0.258. The predicted octanol–water partition coefficient (Wildman–Crippen LogP) is 4.95. The number of hydrogen-bond acceptors (Lipinski definition) is 8. The third-order valence-electron chi connectivity index (χ3n) is 6.37. The maximum Gasteiger partial charge on any atom is 0.244 e. The lowest BCUT2D eigenvalue weighted by Gasteiger charge is -2.31. The van der Waals surface area contributed by atoms with Crippen molar-refractivity contribution >= 4 is 33.3 Å². The molecule has 2 heterocycles.